The Bertz CT molecular complexity index is 1120. The SMILES string of the molecule is CC1(C(=O)Nc2cc(-c3c(-c4ccc(F)cc4)nn4c3OCCC4)ccn2)CCCC1. The monoisotopic (exact) mass is 420 g/mol. The summed E-state index contributed by atoms with van der Waals surface area (Å²) in [5.74, 6) is 0.926. The maximum absolute atomic E-state index is 13.5. The van der Waals surface area contributed by atoms with Gasteiger partial charge in [-0.3, -0.25) is 4.79 Å². The minimum Gasteiger partial charge on any atom is -0.477 e. The lowest BCUT2D eigenvalue weighted by Gasteiger charge is -2.22. The third kappa shape index (κ3) is 3.69. The Morgan fingerprint density at radius 3 is 2.68 bits per heavy atom. The molecular formula is C24H25FN4O2. The molecule has 0 bridgehead atoms. The van der Waals surface area contributed by atoms with E-state index in [1.165, 1.54) is 12.1 Å². The van der Waals surface area contributed by atoms with Gasteiger partial charge in [-0.2, -0.15) is 5.10 Å². The molecule has 7 heteroatoms. The van der Waals surface area contributed by atoms with Gasteiger partial charge < -0.3 is 10.1 Å². The van der Waals surface area contributed by atoms with Gasteiger partial charge >= 0.3 is 0 Å². The van der Waals surface area contributed by atoms with Crippen LogP contribution < -0.4 is 10.1 Å². The lowest BCUT2D eigenvalue weighted by Crippen LogP contribution is -2.31. The van der Waals surface area contributed by atoms with Gasteiger partial charge in [-0.1, -0.05) is 19.8 Å². The highest BCUT2D eigenvalue weighted by molar-refractivity contribution is 5.95. The van der Waals surface area contributed by atoms with Crippen LogP contribution in [0.5, 0.6) is 5.88 Å². The zero-order valence-electron chi connectivity index (χ0n) is 17.5. The van der Waals surface area contributed by atoms with Crippen molar-refractivity contribution in [3.8, 4) is 28.3 Å². The Morgan fingerprint density at radius 2 is 1.90 bits per heavy atom. The topological polar surface area (TPSA) is 69.0 Å². The highest BCUT2D eigenvalue weighted by atomic mass is 19.1. The highest BCUT2D eigenvalue weighted by Crippen LogP contribution is 2.42. The molecule has 0 atom stereocenters. The molecule has 6 nitrogen and oxygen atoms in total. The molecule has 2 aliphatic rings. The van der Waals surface area contributed by atoms with Gasteiger partial charge in [0, 0.05) is 30.1 Å². The second-order valence-corrected chi connectivity index (χ2v) is 8.61. The molecule has 0 spiro atoms. The van der Waals surface area contributed by atoms with Crippen molar-refractivity contribution < 1.29 is 13.9 Å². The first-order valence-corrected chi connectivity index (χ1v) is 10.8. The number of amides is 1. The Morgan fingerprint density at radius 1 is 1.13 bits per heavy atom. The van der Waals surface area contributed by atoms with Gasteiger partial charge in [0.25, 0.3) is 0 Å². The van der Waals surface area contributed by atoms with Crippen LogP contribution in [0.1, 0.15) is 39.0 Å². The number of ether oxygens (including phenoxy) is 1. The van der Waals surface area contributed by atoms with Crippen molar-refractivity contribution in [2.75, 3.05) is 11.9 Å². The molecule has 3 aromatic rings. The standard InChI is InChI=1S/C24H25FN4O2/c1-24(10-2-3-11-24)23(30)27-19-15-17(9-12-26-19)20-21(16-5-7-18(25)8-6-16)28-29-13-4-14-31-22(20)29/h5-9,12,15H,2-4,10-11,13-14H2,1H3,(H,26,27,30). The summed E-state index contributed by atoms with van der Waals surface area (Å²) in [4.78, 5) is 17.2. The van der Waals surface area contributed by atoms with Crippen molar-refractivity contribution in [3.05, 3.63) is 48.4 Å². The summed E-state index contributed by atoms with van der Waals surface area (Å²) >= 11 is 0. The maximum Gasteiger partial charge on any atom is 0.231 e. The molecule has 1 aliphatic carbocycles. The van der Waals surface area contributed by atoms with Crippen molar-refractivity contribution in [1.82, 2.24) is 14.8 Å². The number of nitrogens with one attached hydrogen (secondary N) is 1. The molecule has 0 saturated heterocycles. The van der Waals surface area contributed by atoms with Crippen molar-refractivity contribution in [3.63, 3.8) is 0 Å². The summed E-state index contributed by atoms with van der Waals surface area (Å²) in [7, 11) is 0. The second-order valence-electron chi connectivity index (χ2n) is 8.61. The molecule has 0 unspecified atom stereocenters. The van der Waals surface area contributed by atoms with Crippen molar-refractivity contribution in [2.45, 2.75) is 45.6 Å². The van der Waals surface area contributed by atoms with Gasteiger partial charge in [-0.25, -0.2) is 14.1 Å². The zero-order chi connectivity index (χ0) is 21.4. The molecule has 1 fully saturated rings. The normalized spacial score (nSPS) is 17.1. The Hall–Kier alpha value is -3.22. The number of aryl methyl sites for hydroxylation is 1. The number of benzene rings is 1. The number of rotatable bonds is 4. The summed E-state index contributed by atoms with van der Waals surface area (Å²) in [5.41, 5.74) is 2.88. The number of nitrogens with zero attached hydrogens (tertiary/aromatic N) is 3. The molecule has 5 rings (SSSR count). The molecule has 1 N–H and O–H groups in total. The molecular weight excluding hydrogens is 395 g/mol. The number of hydrogen-bond donors (Lipinski definition) is 1. The van der Waals surface area contributed by atoms with Crippen LogP contribution in [-0.2, 0) is 11.3 Å². The average Bonchev–Trinajstić information content (AvgIpc) is 3.39. The Kier molecular flexibility index (Phi) is 4.96. The van der Waals surface area contributed by atoms with Gasteiger partial charge in [-0.15, -0.1) is 0 Å². The predicted octanol–water partition coefficient (Wildman–Crippen LogP) is 5.05. The van der Waals surface area contributed by atoms with Crippen molar-refractivity contribution in [2.24, 2.45) is 5.41 Å². The fraction of sp³-hybridized carbons (Fsp3) is 0.375. The van der Waals surface area contributed by atoms with E-state index in [1.54, 1.807) is 18.3 Å². The summed E-state index contributed by atoms with van der Waals surface area (Å²) in [6, 6.07) is 10.0. The number of hydrogen-bond acceptors (Lipinski definition) is 4. The van der Waals surface area contributed by atoms with Gasteiger partial charge in [-0.05, 0) is 54.8 Å². The molecule has 160 valence electrons. The number of carbonyl (C=O) groups excluding carboxylic acids is 1. The second kappa shape index (κ2) is 7.80. The summed E-state index contributed by atoms with van der Waals surface area (Å²) in [6.07, 6.45) is 6.53. The van der Waals surface area contributed by atoms with Crippen LogP contribution in [-0.4, -0.2) is 27.3 Å². The molecule has 0 radical (unpaired) electrons. The van der Waals surface area contributed by atoms with E-state index in [4.69, 9.17) is 9.84 Å². The zero-order valence-corrected chi connectivity index (χ0v) is 17.5. The van der Waals surface area contributed by atoms with E-state index in [0.29, 0.717) is 18.3 Å². The lowest BCUT2D eigenvalue weighted by molar-refractivity contribution is -0.124. The Labute approximate surface area is 180 Å². The number of carbonyl (C=O) groups is 1. The van der Waals surface area contributed by atoms with Gasteiger partial charge in [0.1, 0.15) is 17.3 Å². The van der Waals surface area contributed by atoms with Gasteiger partial charge in [0.15, 0.2) is 0 Å². The molecule has 3 heterocycles. The molecule has 31 heavy (non-hydrogen) atoms. The molecule has 1 aromatic carbocycles. The first kappa shape index (κ1) is 19.7. The van der Waals surface area contributed by atoms with Crippen molar-refractivity contribution in [1.29, 1.82) is 0 Å². The molecule has 1 amide bonds. The van der Waals surface area contributed by atoms with E-state index in [1.807, 2.05) is 23.7 Å². The van der Waals surface area contributed by atoms with Crippen LogP contribution in [0.4, 0.5) is 10.2 Å². The minimum atomic E-state index is -0.336. The fourth-order valence-corrected chi connectivity index (χ4v) is 4.50. The molecule has 1 aliphatic heterocycles. The Balaban J connectivity index is 1.54. The van der Waals surface area contributed by atoms with Gasteiger partial charge in [0.2, 0.25) is 11.8 Å². The third-order valence-electron chi connectivity index (χ3n) is 6.32. The van der Waals surface area contributed by atoms with Crippen LogP contribution >= 0.6 is 0 Å². The number of fused-ring (bicyclic) bond motifs is 1. The number of aromatic nitrogens is 3. The maximum atomic E-state index is 13.5. The largest absolute Gasteiger partial charge is 0.477 e. The molecule has 1 saturated carbocycles. The smallest absolute Gasteiger partial charge is 0.231 e. The first-order chi connectivity index (χ1) is 15.0. The quantitative estimate of drug-likeness (QED) is 0.641. The van der Waals surface area contributed by atoms with E-state index in [2.05, 4.69) is 10.3 Å². The van der Waals surface area contributed by atoms with Crippen molar-refractivity contribution >= 4 is 11.7 Å². The highest BCUT2D eigenvalue weighted by Gasteiger charge is 2.36. The number of halogens is 1. The average molecular weight is 420 g/mol. The third-order valence-corrected chi connectivity index (χ3v) is 6.32. The van der Waals surface area contributed by atoms with Gasteiger partial charge in [0.05, 0.1) is 12.2 Å². The minimum absolute atomic E-state index is 0.0155. The number of pyridine rings is 1. The molecule has 2 aromatic heterocycles. The van der Waals surface area contributed by atoms with E-state index in [9.17, 15) is 9.18 Å². The number of anilines is 1. The van der Waals surface area contributed by atoms with Crippen LogP contribution in [0.3, 0.4) is 0 Å². The summed E-state index contributed by atoms with van der Waals surface area (Å²) in [6.45, 7) is 3.40. The van der Waals surface area contributed by atoms with Crippen LogP contribution in [0.2, 0.25) is 0 Å². The fourth-order valence-electron chi connectivity index (χ4n) is 4.50. The van der Waals surface area contributed by atoms with Crippen LogP contribution in [0, 0.1) is 11.2 Å². The predicted molar refractivity (Wildman–Crippen MR) is 116 cm³/mol. The van der Waals surface area contributed by atoms with E-state index in [0.717, 1.165) is 61.0 Å². The first-order valence-electron chi connectivity index (χ1n) is 10.8. The lowest BCUT2D eigenvalue weighted by atomic mass is 9.88. The van der Waals surface area contributed by atoms with Crippen LogP contribution in [0.15, 0.2) is 42.6 Å². The van der Waals surface area contributed by atoms with E-state index in [-0.39, 0.29) is 17.1 Å². The van der Waals surface area contributed by atoms with E-state index >= 15 is 0 Å². The summed E-state index contributed by atoms with van der Waals surface area (Å²) < 4.78 is 21.3. The summed E-state index contributed by atoms with van der Waals surface area (Å²) in [5, 5.41) is 7.76. The van der Waals surface area contributed by atoms with Crippen LogP contribution in [0.25, 0.3) is 22.4 Å². The van der Waals surface area contributed by atoms with E-state index < -0.39 is 0 Å².